The van der Waals surface area contributed by atoms with Crippen molar-refractivity contribution in [3.05, 3.63) is 122 Å². The van der Waals surface area contributed by atoms with Crippen LogP contribution in [0.5, 0.6) is 0 Å². The SMILES string of the molecule is CCCc1c(Cc2ccc(-c3ccccc3-c3noc(=O)[nH]3)cc2)c(=O)n(-c2ccc(CC3(C)CC3)cc2)c2ncnn12. The monoisotopic (exact) mass is 572 g/mol. The second-order valence-electron chi connectivity index (χ2n) is 11.8. The predicted molar refractivity (Wildman–Crippen MR) is 164 cm³/mol. The van der Waals surface area contributed by atoms with E-state index in [1.807, 2.05) is 65.2 Å². The lowest BCUT2D eigenvalue weighted by Crippen LogP contribution is -2.28. The molecule has 3 aromatic heterocycles. The molecule has 1 N–H and O–H groups in total. The van der Waals surface area contributed by atoms with Gasteiger partial charge in [-0.15, -0.1) is 0 Å². The van der Waals surface area contributed by atoms with Crippen molar-refractivity contribution < 1.29 is 4.52 Å². The Morgan fingerprint density at radius 2 is 1.65 bits per heavy atom. The largest absolute Gasteiger partial charge is 0.439 e. The van der Waals surface area contributed by atoms with Crippen molar-refractivity contribution in [3.8, 4) is 28.2 Å². The number of hydrogen-bond donors (Lipinski definition) is 1. The molecule has 0 bridgehead atoms. The van der Waals surface area contributed by atoms with Gasteiger partial charge in [0.2, 0.25) is 5.78 Å². The van der Waals surface area contributed by atoms with Gasteiger partial charge in [0, 0.05) is 17.5 Å². The van der Waals surface area contributed by atoms with E-state index in [0.717, 1.165) is 46.5 Å². The highest BCUT2D eigenvalue weighted by Crippen LogP contribution is 2.47. The van der Waals surface area contributed by atoms with Crippen LogP contribution in [0.4, 0.5) is 0 Å². The number of rotatable bonds is 9. The lowest BCUT2D eigenvalue weighted by Gasteiger charge is -2.16. The molecule has 3 aromatic carbocycles. The fourth-order valence-corrected chi connectivity index (χ4v) is 5.90. The summed E-state index contributed by atoms with van der Waals surface area (Å²) in [6.07, 6.45) is 7.16. The molecule has 6 aromatic rings. The zero-order valence-corrected chi connectivity index (χ0v) is 24.2. The van der Waals surface area contributed by atoms with Crippen LogP contribution in [0.2, 0.25) is 0 Å². The lowest BCUT2D eigenvalue weighted by atomic mass is 9.96. The summed E-state index contributed by atoms with van der Waals surface area (Å²) in [4.78, 5) is 32.9. The molecule has 1 aliphatic rings. The van der Waals surface area contributed by atoms with E-state index in [2.05, 4.69) is 46.2 Å². The maximum Gasteiger partial charge on any atom is 0.439 e. The minimum absolute atomic E-state index is 0.0738. The molecule has 43 heavy (non-hydrogen) atoms. The minimum atomic E-state index is -0.596. The molecule has 0 saturated heterocycles. The number of aromatic amines is 1. The highest BCUT2D eigenvalue weighted by atomic mass is 16.5. The Bertz CT molecular complexity index is 2040. The maximum atomic E-state index is 14.2. The maximum absolute atomic E-state index is 14.2. The molecule has 1 aliphatic carbocycles. The number of aryl methyl sites for hydroxylation is 1. The van der Waals surface area contributed by atoms with Gasteiger partial charge in [-0.25, -0.2) is 13.9 Å². The average molecular weight is 573 g/mol. The second kappa shape index (κ2) is 10.7. The number of nitrogens with one attached hydrogen (secondary N) is 1. The Morgan fingerprint density at radius 3 is 2.33 bits per heavy atom. The molecule has 3 heterocycles. The first-order chi connectivity index (χ1) is 20.9. The van der Waals surface area contributed by atoms with Gasteiger partial charge in [0.05, 0.1) is 11.4 Å². The van der Waals surface area contributed by atoms with E-state index in [1.54, 1.807) is 4.57 Å². The number of nitrogens with zero attached hydrogens (tertiary/aromatic N) is 5. The van der Waals surface area contributed by atoms with Crippen molar-refractivity contribution in [2.24, 2.45) is 5.41 Å². The van der Waals surface area contributed by atoms with Gasteiger partial charge in [0.25, 0.3) is 5.56 Å². The summed E-state index contributed by atoms with van der Waals surface area (Å²) in [7, 11) is 0. The molecule has 1 fully saturated rings. The molecule has 0 spiro atoms. The van der Waals surface area contributed by atoms with Crippen molar-refractivity contribution in [3.63, 3.8) is 0 Å². The zero-order valence-electron chi connectivity index (χ0n) is 24.2. The molecule has 7 rings (SSSR count). The number of H-pyrrole nitrogens is 1. The third-order valence-corrected chi connectivity index (χ3v) is 8.48. The molecule has 9 nitrogen and oxygen atoms in total. The summed E-state index contributed by atoms with van der Waals surface area (Å²) in [5.41, 5.74) is 7.66. The quantitative estimate of drug-likeness (QED) is 0.235. The van der Waals surface area contributed by atoms with Gasteiger partial charge < -0.3 is 0 Å². The molecule has 0 atom stereocenters. The van der Waals surface area contributed by atoms with E-state index in [4.69, 9.17) is 4.52 Å². The van der Waals surface area contributed by atoms with Crippen LogP contribution in [0.25, 0.3) is 34.0 Å². The van der Waals surface area contributed by atoms with Gasteiger partial charge in [0.15, 0.2) is 5.82 Å². The third kappa shape index (κ3) is 5.11. The van der Waals surface area contributed by atoms with Crippen LogP contribution in [0.1, 0.15) is 55.5 Å². The van der Waals surface area contributed by atoms with Crippen molar-refractivity contribution in [1.82, 2.24) is 29.3 Å². The van der Waals surface area contributed by atoms with E-state index in [1.165, 1.54) is 24.7 Å². The van der Waals surface area contributed by atoms with Crippen molar-refractivity contribution in [2.75, 3.05) is 0 Å². The van der Waals surface area contributed by atoms with Gasteiger partial charge in [-0.05, 0) is 65.5 Å². The van der Waals surface area contributed by atoms with E-state index in [0.29, 0.717) is 35.4 Å². The van der Waals surface area contributed by atoms with Gasteiger partial charge in [0.1, 0.15) is 6.33 Å². The molecule has 0 amide bonds. The number of fused-ring (bicyclic) bond motifs is 1. The Labute approximate surface area is 247 Å². The second-order valence-corrected chi connectivity index (χ2v) is 11.8. The molecule has 0 unspecified atom stereocenters. The highest BCUT2D eigenvalue weighted by molar-refractivity contribution is 5.80. The summed E-state index contributed by atoms with van der Waals surface area (Å²) < 4.78 is 8.24. The van der Waals surface area contributed by atoms with Gasteiger partial charge in [-0.3, -0.25) is 14.3 Å². The van der Waals surface area contributed by atoms with Gasteiger partial charge in [-0.2, -0.15) is 10.1 Å². The molecular weight excluding hydrogens is 540 g/mol. The van der Waals surface area contributed by atoms with E-state index in [9.17, 15) is 9.59 Å². The number of hydrogen-bond acceptors (Lipinski definition) is 6. The fourth-order valence-electron chi connectivity index (χ4n) is 5.90. The van der Waals surface area contributed by atoms with Crippen LogP contribution < -0.4 is 11.3 Å². The summed E-state index contributed by atoms with van der Waals surface area (Å²) >= 11 is 0. The van der Waals surface area contributed by atoms with Crippen molar-refractivity contribution >= 4 is 5.78 Å². The van der Waals surface area contributed by atoms with Crippen LogP contribution in [0, 0.1) is 5.41 Å². The van der Waals surface area contributed by atoms with Gasteiger partial charge in [-0.1, -0.05) is 86.1 Å². The summed E-state index contributed by atoms with van der Waals surface area (Å²) in [6.45, 7) is 4.43. The van der Waals surface area contributed by atoms with Crippen LogP contribution in [0.15, 0.2) is 93.2 Å². The molecule has 9 heteroatoms. The Balaban J connectivity index is 1.26. The summed E-state index contributed by atoms with van der Waals surface area (Å²) in [6, 6.07) is 24.1. The highest BCUT2D eigenvalue weighted by Gasteiger charge is 2.36. The first-order valence-corrected chi connectivity index (χ1v) is 14.7. The third-order valence-electron chi connectivity index (χ3n) is 8.48. The number of aromatic nitrogens is 6. The molecule has 0 aliphatic heterocycles. The average Bonchev–Trinajstić information content (AvgIpc) is 3.35. The number of benzene rings is 3. The fraction of sp³-hybridized carbons (Fsp3) is 0.265. The van der Waals surface area contributed by atoms with Crippen LogP contribution in [-0.4, -0.2) is 29.3 Å². The van der Waals surface area contributed by atoms with Crippen LogP contribution in [-0.2, 0) is 19.3 Å². The lowest BCUT2D eigenvalue weighted by molar-refractivity contribution is 0.388. The molecule has 216 valence electrons. The normalized spacial score (nSPS) is 13.9. The molecular formula is C34H32N6O3. The zero-order chi connectivity index (χ0) is 29.6. The first kappa shape index (κ1) is 26.8. The Hall–Kier alpha value is -5.05. The van der Waals surface area contributed by atoms with E-state index < -0.39 is 5.76 Å². The van der Waals surface area contributed by atoms with Crippen molar-refractivity contribution in [2.45, 2.75) is 52.4 Å². The van der Waals surface area contributed by atoms with Gasteiger partial charge >= 0.3 is 5.76 Å². The van der Waals surface area contributed by atoms with E-state index >= 15 is 0 Å². The predicted octanol–water partition coefficient (Wildman–Crippen LogP) is 5.78. The Kier molecular flexibility index (Phi) is 6.65. The molecule has 1 saturated carbocycles. The van der Waals surface area contributed by atoms with Crippen LogP contribution >= 0.6 is 0 Å². The summed E-state index contributed by atoms with van der Waals surface area (Å²) in [5.74, 6) is 0.309. The van der Waals surface area contributed by atoms with Crippen molar-refractivity contribution in [1.29, 1.82) is 0 Å². The van der Waals surface area contributed by atoms with E-state index in [-0.39, 0.29) is 5.56 Å². The summed E-state index contributed by atoms with van der Waals surface area (Å²) in [5, 5.41) is 8.41. The minimum Gasteiger partial charge on any atom is -0.296 e. The standard InChI is InChI=1S/C34H32N6O3/c1-3-6-29-28(19-22-9-13-24(14-10-22)26-7-4-5-8-27(26)30-37-33(42)43-38-30)31(41)39(32-35-21-36-40(29)32)25-15-11-23(12-16-25)20-34(2)17-18-34/h4-5,7-16,21H,3,6,17-20H2,1-2H3,(H,37,38,42). The smallest absolute Gasteiger partial charge is 0.296 e. The van der Waals surface area contributed by atoms with Crippen LogP contribution in [0.3, 0.4) is 0 Å². The first-order valence-electron chi connectivity index (χ1n) is 14.7. The molecule has 0 radical (unpaired) electrons. The Morgan fingerprint density at radius 1 is 0.930 bits per heavy atom. The topological polar surface area (TPSA) is 111 Å².